The molecule has 0 N–H and O–H groups in total. The maximum atomic E-state index is 13.6. The predicted octanol–water partition coefficient (Wildman–Crippen LogP) is 5.44. The minimum absolute atomic E-state index is 0.0381. The lowest BCUT2D eigenvalue weighted by atomic mass is 10.2. The van der Waals surface area contributed by atoms with Crippen LogP contribution in [0.3, 0.4) is 0 Å². The number of rotatable bonds is 4. The van der Waals surface area contributed by atoms with E-state index in [9.17, 15) is 30.6 Å². The fourth-order valence-corrected chi connectivity index (χ4v) is 3.67. The predicted molar refractivity (Wildman–Crippen MR) is 92.3 cm³/mol. The fourth-order valence-electron chi connectivity index (χ4n) is 2.27. The summed E-state index contributed by atoms with van der Waals surface area (Å²) < 4.78 is 103. The molecule has 3 rings (SSSR count). The number of benzene rings is 2. The normalized spacial score (nSPS) is 14.2. The second-order valence-electron chi connectivity index (χ2n) is 5.71. The molecule has 1 aromatic heterocycles. The Labute approximate surface area is 165 Å². The second kappa shape index (κ2) is 7.63. The number of ether oxygens (including phenoxy) is 1. The van der Waals surface area contributed by atoms with Crippen LogP contribution in [-0.2, 0) is 15.9 Å². The quantitative estimate of drug-likeness (QED) is 0.494. The van der Waals surface area contributed by atoms with E-state index in [4.69, 9.17) is 4.74 Å². The Kier molecular flexibility index (Phi) is 5.50. The van der Waals surface area contributed by atoms with Gasteiger partial charge in [-0.2, -0.15) is 35.7 Å². The van der Waals surface area contributed by atoms with Gasteiger partial charge in [-0.15, -0.1) is 0 Å². The largest absolute Gasteiger partial charge is 0.497 e. The van der Waals surface area contributed by atoms with Gasteiger partial charge >= 0.3 is 17.6 Å². The highest BCUT2D eigenvalue weighted by Gasteiger charge is 2.45. The molecule has 0 aliphatic carbocycles. The van der Waals surface area contributed by atoms with Crippen LogP contribution in [0.15, 0.2) is 62.3 Å². The summed E-state index contributed by atoms with van der Waals surface area (Å²) in [7, 11) is -3.56. The van der Waals surface area contributed by atoms with E-state index in [1.807, 2.05) is 0 Å². The fraction of sp³-hybridized carbons (Fsp3) is 0.176. The van der Waals surface area contributed by atoms with Gasteiger partial charge in [-0.05, 0) is 48.5 Å². The van der Waals surface area contributed by atoms with E-state index in [1.54, 1.807) is 0 Å². The Morgan fingerprint density at radius 2 is 1.57 bits per heavy atom. The maximum Gasteiger partial charge on any atom is 0.484 e. The van der Waals surface area contributed by atoms with Crippen molar-refractivity contribution in [3.05, 3.63) is 54.4 Å². The molecule has 3 aromatic rings. The van der Waals surface area contributed by atoms with Crippen molar-refractivity contribution in [3.8, 4) is 17.1 Å². The molecule has 13 heteroatoms. The van der Waals surface area contributed by atoms with Crippen molar-refractivity contribution in [3.63, 3.8) is 0 Å². The average molecular weight is 451 g/mol. The number of hydrogen-bond acceptors (Lipinski definition) is 6. The van der Waals surface area contributed by atoms with Gasteiger partial charge < -0.3 is 9.26 Å². The third-order valence-corrected chi connectivity index (χ3v) is 5.73. The smallest absolute Gasteiger partial charge is 0.484 e. The first-order chi connectivity index (χ1) is 13.9. The van der Waals surface area contributed by atoms with E-state index < -0.39 is 38.0 Å². The van der Waals surface area contributed by atoms with Crippen LogP contribution in [0.2, 0.25) is 0 Å². The van der Waals surface area contributed by atoms with Gasteiger partial charge in [-0.1, -0.05) is 5.16 Å². The van der Waals surface area contributed by atoms with Gasteiger partial charge in [0.2, 0.25) is 5.82 Å². The molecule has 6 nitrogen and oxygen atoms in total. The molecule has 1 heterocycles. The molecule has 0 spiro atoms. The summed E-state index contributed by atoms with van der Waals surface area (Å²) in [5, 5.41) is 3.18. The van der Waals surface area contributed by atoms with Crippen LogP contribution in [0.4, 0.5) is 32.0 Å². The van der Waals surface area contributed by atoms with Crippen molar-refractivity contribution in [2.45, 2.75) is 16.6 Å². The number of methoxy groups -OCH3 is 1. The van der Waals surface area contributed by atoms with Crippen LogP contribution >= 0.6 is 0 Å². The zero-order valence-corrected chi connectivity index (χ0v) is 15.7. The molecule has 160 valence electrons. The lowest BCUT2D eigenvalue weighted by Crippen LogP contribution is -2.22. The van der Waals surface area contributed by atoms with Crippen LogP contribution in [0, 0.1) is 0 Å². The summed E-state index contributed by atoms with van der Waals surface area (Å²) >= 11 is 0. The van der Waals surface area contributed by atoms with Gasteiger partial charge in [0.05, 0.1) is 17.7 Å². The summed E-state index contributed by atoms with van der Waals surface area (Å²) in [6.45, 7) is 0. The van der Waals surface area contributed by atoms with Crippen LogP contribution < -0.4 is 4.74 Å². The van der Waals surface area contributed by atoms with Crippen molar-refractivity contribution in [2.75, 3.05) is 7.11 Å². The van der Waals surface area contributed by atoms with Crippen molar-refractivity contribution >= 4 is 15.4 Å². The Hall–Kier alpha value is -3.09. The Balaban J connectivity index is 2.00. The highest BCUT2D eigenvalue weighted by atomic mass is 32.2. The molecule has 1 atom stereocenters. The molecular weight excluding hydrogens is 440 g/mol. The zero-order valence-electron chi connectivity index (χ0n) is 14.9. The van der Waals surface area contributed by atoms with Crippen molar-refractivity contribution in [1.82, 2.24) is 10.1 Å². The van der Waals surface area contributed by atoms with Crippen LogP contribution in [-0.4, -0.2) is 27.0 Å². The van der Waals surface area contributed by atoms with Gasteiger partial charge in [0.1, 0.15) is 5.75 Å². The first-order valence-corrected chi connectivity index (χ1v) is 9.44. The van der Waals surface area contributed by atoms with E-state index in [0.717, 1.165) is 36.4 Å². The number of nitrogens with zero attached hydrogens (tertiary/aromatic N) is 3. The monoisotopic (exact) mass is 451 g/mol. The van der Waals surface area contributed by atoms with Crippen LogP contribution in [0.25, 0.3) is 11.4 Å². The molecule has 1 unspecified atom stereocenters. The lowest BCUT2D eigenvalue weighted by molar-refractivity contribution is -0.159. The maximum absolute atomic E-state index is 13.6. The summed E-state index contributed by atoms with van der Waals surface area (Å²) in [5.41, 5.74) is -5.46. The highest BCUT2D eigenvalue weighted by Crippen LogP contribution is 2.36. The second-order valence-corrected chi connectivity index (χ2v) is 7.87. The standard InChI is InChI=1S/C17H11F6N3O3S/c1-28-12-6-8-13(9-7-12)30(27,17(21,22)23)26-11-4-2-10(3-5-11)14-24-15(29-25-14)16(18,19)20/h2-9H,1H3. The Bertz CT molecular complexity index is 1150. The van der Waals surface area contributed by atoms with E-state index in [-0.39, 0.29) is 17.0 Å². The lowest BCUT2D eigenvalue weighted by Gasteiger charge is -2.14. The van der Waals surface area contributed by atoms with E-state index >= 15 is 0 Å². The summed E-state index contributed by atoms with van der Waals surface area (Å²) in [5.74, 6) is -1.71. The Morgan fingerprint density at radius 1 is 0.967 bits per heavy atom. The molecule has 0 saturated carbocycles. The number of alkyl halides is 6. The van der Waals surface area contributed by atoms with Gasteiger partial charge in [0.25, 0.3) is 0 Å². The molecule has 0 saturated heterocycles. The van der Waals surface area contributed by atoms with Gasteiger partial charge in [-0.25, -0.2) is 4.21 Å². The Morgan fingerprint density at radius 3 is 2.03 bits per heavy atom. The van der Waals surface area contributed by atoms with E-state index in [1.165, 1.54) is 19.2 Å². The minimum atomic E-state index is -5.18. The first kappa shape index (κ1) is 21.6. The topological polar surface area (TPSA) is 77.6 Å². The molecule has 0 aliphatic rings. The summed E-state index contributed by atoms with van der Waals surface area (Å²) in [4.78, 5) is 2.60. The third-order valence-electron chi connectivity index (χ3n) is 3.72. The molecule has 30 heavy (non-hydrogen) atoms. The molecule has 0 bridgehead atoms. The van der Waals surface area contributed by atoms with Crippen molar-refractivity contribution in [2.24, 2.45) is 4.36 Å². The SMILES string of the molecule is COc1ccc(S(=O)(=Nc2ccc(-c3noc(C(F)(F)F)n3)cc2)C(F)(F)F)cc1. The molecule has 0 amide bonds. The molecular formula is C17H11F6N3O3S. The minimum Gasteiger partial charge on any atom is -0.497 e. The molecule has 0 radical (unpaired) electrons. The molecule has 0 fully saturated rings. The van der Waals surface area contributed by atoms with Crippen molar-refractivity contribution < 1.29 is 39.8 Å². The third kappa shape index (κ3) is 4.25. The van der Waals surface area contributed by atoms with Gasteiger partial charge in [-0.3, -0.25) is 0 Å². The van der Waals surface area contributed by atoms with Gasteiger partial charge in [0, 0.05) is 5.56 Å². The van der Waals surface area contributed by atoms with Crippen molar-refractivity contribution in [1.29, 1.82) is 0 Å². The van der Waals surface area contributed by atoms with E-state index in [0.29, 0.717) is 0 Å². The van der Waals surface area contributed by atoms with Gasteiger partial charge in [0.15, 0.2) is 9.73 Å². The van der Waals surface area contributed by atoms with Crippen LogP contribution in [0.1, 0.15) is 5.89 Å². The molecule has 2 aromatic carbocycles. The van der Waals surface area contributed by atoms with Crippen LogP contribution in [0.5, 0.6) is 5.75 Å². The number of hydrogen-bond donors (Lipinski definition) is 0. The van der Waals surface area contributed by atoms with E-state index in [2.05, 4.69) is 19.0 Å². The first-order valence-electron chi connectivity index (χ1n) is 7.93. The summed E-state index contributed by atoms with van der Waals surface area (Å²) in [6.07, 6.45) is -4.84. The average Bonchev–Trinajstić information content (AvgIpc) is 3.18. The molecule has 0 aliphatic heterocycles. The zero-order chi connectivity index (χ0) is 22.2. The highest BCUT2D eigenvalue weighted by molar-refractivity contribution is 7.94. The number of aromatic nitrogens is 2. The summed E-state index contributed by atoms with van der Waals surface area (Å²) in [6, 6.07) is 8.78. The number of halogens is 6.